The topological polar surface area (TPSA) is 73.6 Å². The maximum atomic E-state index is 12.0. The maximum absolute atomic E-state index is 12.0. The van der Waals surface area contributed by atoms with Crippen LogP contribution < -0.4 is 20.5 Å². The van der Waals surface area contributed by atoms with Crippen molar-refractivity contribution in [2.24, 2.45) is 0 Å². The molecule has 6 heteroatoms. The number of terminal acetylenes is 1. The molecule has 3 N–H and O–H groups in total. The van der Waals surface area contributed by atoms with Gasteiger partial charge in [0.1, 0.15) is 0 Å². The zero-order chi connectivity index (χ0) is 13.7. The zero-order valence-corrected chi connectivity index (χ0v) is 11.1. The van der Waals surface area contributed by atoms with Crippen molar-refractivity contribution in [1.82, 2.24) is 5.32 Å². The fourth-order valence-electron chi connectivity index (χ4n) is 1.62. The van der Waals surface area contributed by atoms with E-state index in [-0.39, 0.29) is 12.7 Å². The Kier molecular flexibility index (Phi) is 4.42. The number of carbonyl (C=O) groups is 1. The number of nitrogens with two attached hydrogens (primary N) is 1. The Morgan fingerprint density at radius 1 is 1.47 bits per heavy atom. The van der Waals surface area contributed by atoms with Gasteiger partial charge in [-0.25, -0.2) is 0 Å². The number of carbonyl (C=O) groups excluding carboxylic acids is 1. The third-order valence-corrected chi connectivity index (χ3v) is 3.37. The Balaban J connectivity index is 1.94. The van der Waals surface area contributed by atoms with Crippen LogP contribution in [0.15, 0.2) is 12.1 Å². The van der Waals surface area contributed by atoms with E-state index in [1.165, 1.54) is 0 Å². The minimum absolute atomic E-state index is 0.155. The van der Waals surface area contributed by atoms with Gasteiger partial charge in [0, 0.05) is 24.1 Å². The van der Waals surface area contributed by atoms with E-state index < -0.39 is 0 Å². The molecule has 0 bridgehead atoms. The number of anilines is 1. The van der Waals surface area contributed by atoms with Gasteiger partial charge < -0.3 is 20.5 Å². The molecule has 0 saturated heterocycles. The van der Waals surface area contributed by atoms with Gasteiger partial charge in [0.25, 0.3) is 5.91 Å². The molecule has 0 saturated carbocycles. The number of benzene rings is 1. The highest BCUT2D eigenvalue weighted by Crippen LogP contribution is 2.35. The van der Waals surface area contributed by atoms with Gasteiger partial charge >= 0.3 is 0 Å². The van der Waals surface area contributed by atoms with Gasteiger partial charge in [-0.1, -0.05) is 5.92 Å². The normalized spacial score (nSPS) is 11.9. The third-order valence-electron chi connectivity index (χ3n) is 2.51. The monoisotopic (exact) mass is 278 g/mol. The number of nitrogens with one attached hydrogen (secondary N) is 1. The van der Waals surface area contributed by atoms with Crippen molar-refractivity contribution in [3.05, 3.63) is 17.7 Å². The molecule has 19 heavy (non-hydrogen) atoms. The summed E-state index contributed by atoms with van der Waals surface area (Å²) in [5.74, 6) is 4.82. The molecule has 0 radical (unpaired) electrons. The van der Waals surface area contributed by atoms with Crippen LogP contribution in [0, 0.1) is 12.3 Å². The van der Waals surface area contributed by atoms with Crippen LogP contribution in [0.3, 0.4) is 0 Å². The highest BCUT2D eigenvalue weighted by atomic mass is 32.2. The Hall–Kier alpha value is -2.00. The summed E-state index contributed by atoms with van der Waals surface area (Å²) in [6, 6.07) is 3.20. The number of hydrogen-bond donors (Lipinski definition) is 2. The fraction of sp³-hybridized carbons (Fsp3) is 0.308. The van der Waals surface area contributed by atoms with Gasteiger partial charge in [-0.05, 0) is 6.07 Å². The summed E-state index contributed by atoms with van der Waals surface area (Å²) in [5, 5.41) is 2.79. The van der Waals surface area contributed by atoms with Crippen molar-refractivity contribution in [2.75, 3.05) is 30.6 Å². The number of rotatable bonds is 5. The molecular formula is C13H14N2O3S. The molecule has 0 spiro atoms. The van der Waals surface area contributed by atoms with Crippen LogP contribution in [0.1, 0.15) is 10.4 Å². The lowest BCUT2D eigenvalue weighted by Gasteiger charge is -2.08. The van der Waals surface area contributed by atoms with E-state index in [4.69, 9.17) is 21.6 Å². The Morgan fingerprint density at radius 3 is 2.95 bits per heavy atom. The Labute approximate surface area is 115 Å². The van der Waals surface area contributed by atoms with Gasteiger partial charge in [0.05, 0.1) is 11.3 Å². The van der Waals surface area contributed by atoms with Gasteiger partial charge in [-0.2, -0.15) is 0 Å². The predicted octanol–water partition coefficient (Wildman–Crippen LogP) is 1.09. The highest BCUT2D eigenvalue weighted by Gasteiger charge is 2.19. The van der Waals surface area contributed by atoms with Crippen molar-refractivity contribution in [1.29, 1.82) is 0 Å². The standard InChI is InChI=1S/C13H14N2O3S/c1-2-4-19-5-3-15-13(16)9-6-11-12(7-10(9)14)18-8-17-11/h1,6-7H,3-5,8,14H2,(H,15,16). The molecule has 1 aromatic rings. The lowest BCUT2D eigenvalue weighted by Crippen LogP contribution is -2.26. The van der Waals surface area contributed by atoms with Gasteiger partial charge in [-0.15, -0.1) is 18.2 Å². The molecule has 0 unspecified atom stereocenters. The summed E-state index contributed by atoms with van der Waals surface area (Å²) < 4.78 is 10.4. The summed E-state index contributed by atoms with van der Waals surface area (Å²) in [4.78, 5) is 12.0. The molecule has 5 nitrogen and oxygen atoms in total. The molecule has 0 aliphatic carbocycles. The first kappa shape index (κ1) is 13.4. The van der Waals surface area contributed by atoms with E-state index in [1.807, 2.05) is 0 Å². The first-order valence-corrected chi connectivity index (χ1v) is 6.86. The molecular weight excluding hydrogens is 264 g/mol. The van der Waals surface area contributed by atoms with Crippen LogP contribution in [0.5, 0.6) is 11.5 Å². The van der Waals surface area contributed by atoms with E-state index in [1.54, 1.807) is 23.9 Å². The second-order valence-electron chi connectivity index (χ2n) is 3.81. The SMILES string of the molecule is C#CCSCCNC(=O)c1cc2c(cc1N)OCO2. The summed E-state index contributed by atoms with van der Waals surface area (Å²) in [7, 11) is 0. The van der Waals surface area contributed by atoms with Crippen LogP contribution in [0.25, 0.3) is 0 Å². The van der Waals surface area contributed by atoms with E-state index in [0.717, 1.165) is 5.75 Å². The van der Waals surface area contributed by atoms with Gasteiger partial charge in [0.2, 0.25) is 6.79 Å². The lowest BCUT2D eigenvalue weighted by atomic mass is 10.1. The Morgan fingerprint density at radius 2 is 2.21 bits per heavy atom. The average Bonchev–Trinajstić information content (AvgIpc) is 2.84. The van der Waals surface area contributed by atoms with E-state index in [0.29, 0.717) is 35.0 Å². The largest absolute Gasteiger partial charge is 0.454 e. The molecule has 1 aliphatic heterocycles. The zero-order valence-electron chi connectivity index (χ0n) is 10.3. The number of thioether (sulfide) groups is 1. The second-order valence-corrected chi connectivity index (χ2v) is 4.91. The number of amides is 1. The minimum Gasteiger partial charge on any atom is -0.454 e. The van der Waals surface area contributed by atoms with Crippen LogP contribution >= 0.6 is 11.8 Å². The quantitative estimate of drug-likeness (QED) is 0.479. The first-order valence-electron chi connectivity index (χ1n) is 5.71. The molecule has 100 valence electrons. The molecule has 2 rings (SSSR count). The smallest absolute Gasteiger partial charge is 0.253 e. The minimum atomic E-state index is -0.225. The summed E-state index contributed by atoms with van der Waals surface area (Å²) in [6.07, 6.45) is 5.13. The first-order chi connectivity index (χ1) is 9.22. The summed E-state index contributed by atoms with van der Waals surface area (Å²) in [6.45, 7) is 0.696. The predicted molar refractivity (Wildman–Crippen MR) is 75.5 cm³/mol. The van der Waals surface area contributed by atoms with Crippen LogP contribution in [0.4, 0.5) is 5.69 Å². The molecule has 1 aromatic carbocycles. The molecule has 1 amide bonds. The Bertz CT molecular complexity index is 525. The van der Waals surface area contributed by atoms with Gasteiger partial charge in [-0.3, -0.25) is 4.79 Å². The van der Waals surface area contributed by atoms with E-state index >= 15 is 0 Å². The van der Waals surface area contributed by atoms with Crippen molar-refractivity contribution in [3.8, 4) is 23.8 Å². The van der Waals surface area contributed by atoms with Crippen LogP contribution in [-0.2, 0) is 0 Å². The maximum Gasteiger partial charge on any atom is 0.253 e. The van der Waals surface area contributed by atoms with E-state index in [9.17, 15) is 4.79 Å². The van der Waals surface area contributed by atoms with Crippen molar-refractivity contribution < 1.29 is 14.3 Å². The lowest BCUT2D eigenvalue weighted by molar-refractivity contribution is 0.0956. The molecule has 0 aromatic heterocycles. The molecule has 0 atom stereocenters. The highest BCUT2D eigenvalue weighted by molar-refractivity contribution is 7.99. The number of fused-ring (bicyclic) bond motifs is 1. The molecule has 1 heterocycles. The second kappa shape index (κ2) is 6.25. The number of ether oxygens (including phenoxy) is 2. The third kappa shape index (κ3) is 3.26. The van der Waals surface area contributed by atoms with Crippen LogP contribution in [0.2, 0.25) is 0 Å². The van der Waals surface area contributed by atoms with E-state index in [2.05, 4.69) is 11.2 Å². The van der Waals surface area contributed by atoms with Gasteiger partial charge in [0.15, 0.2) is 11.5 Å². The fourth-order valence-corrected chi connectivity index (χ4v) is 2.13. The molecule has 1 aliphatic rings. The van der Waals surface area contributed by atoms with Crippen LogP contribution in [-0.4, -0.2) is 30.8 Å². The summed E-state index contributed by atoms with van der Waals surface area (Å²) >= 11 is 1.59. The average molecular weight is 278 g/mol. The number of nitrogen functional groups attached to an aromatic ring is 1. The van der Waals surface area contributed by atoms with Crippen molar-refractivity contribution >= 4 is 23.4 Å². The molecule has 0 fully saturated rings. The number of hydrogen-bond acceptors (Lipinski definition) is 5. The van der Waals surface area contributed by atoms with Crippen molar-refractivity contribution in [2.45, 2.75) is 0 Å². The summed E-state index contributed by atoms with van der Waals surface area (Å²) in [5.41, 5.74) is 6.59. The van der Waals surface area contributed by atoms with Crippen molar-refractivity contribution in [3.63, 3.8) is 0 Å².